The molecule has 2 aliphatic carbocycles. The lowest BCUT2D eigenvalue weighted by Gasteiger charge is -2.58. The molecule has 16 heavy (non-hydrogen) atoms. The second kappa shape index (κ2) is 3.67. The molecule has 2 saturated heterocycles. The molecule has 0 aromatic rings. The van der Waals surface area contributed by atoms with Gasteiger partial charge in [-0.2, -0.15) is 11.1 Å². The van der Waals surface area contributed by atoms with Gasteiger partial charge in [0.15, 0.2) is 0 Å². The summed E-state index contributed by atoms with van der Waals surface area (Å²) in [5.74, 6) is 3.00. The van der Waals surface area contributed by atoms with Crippen LogP contribution >= 0.6 is 0 Å². The predicted molar refractivity (Wildman–Crippen MR) is 61.9 cm³/mol. The maximum Gasteiger partial charge on any atom is 0.0458 e. The van der Waals surface area contributed by atoms with Gasteiger partial charge in [0.1, 0.15) is 0 Å². The van der Waals surface area contributed by atoms with Crippen molar-refractivity contribution in [3.63, 3.8) is 0 Å². The zero-order valence-electron chi connectivity index (χ0n) is 9.78. The third-order valence-electron chi connectivity index (χ3n) is 5.45. The molecule has 2 heterocycles. The van der Waals surface area contributed by atoms with Crippen LogP contribution in [0.2, 0.25) is 0 Å². The highest BCUT2D eigenvalue weighted by Crippen LogP contribution is 2.48. The van der Waals surface area contributed by atoms with Crippen LogP contribution in [0.1, 0.15) is 38.5 Å². The number of nitrogens with one attached hydrogen (secondary N) is 3. The fourth-order valence-corrected chi connectivity index (χ4v) is 4.84. The molecule has 4 aliphatic rings. The number of hydrogen-bond acceptors (Lipinski definition) is 4. The number of nitrogens with zero attached hydrogens (tertiary/aromatic N) is 1. The van der Waals surface area contributed by atoms with Gasteiger partial charge in [0, 0.05) is 18.6 Å². The number of rotatable bonds is 0. The van der Waals surface area contributed by atoms with Crippen molar-refractivity contribution >= 4 is 0 Å². The molecule has 0 radical (unpaired) electrons. The van der Waals surface area contributed by atoms with E-state index in [0.717, 1.165) is 23.8 Å². The van der Waals surface area contributed by atoms with Gasteiger partial charge in [0.2, 0.25) is 0 Å². The Bertz CT molecular complexity index is 230. The summed E-state index contributed by atoms with van der Waals surface area (Å²) < 4.78 is 0. The number of hydrogen-bond donors (Lipinski definition) is 3. The van der Waals surface area contributed by atoms with Crippen LogP contribution in [0.4, 0.5) is 0 Å². The quantitative estimate of drug-likeness (QED) is 0.566. The van der Waals surface area contributed by atoms with E-state index in [1.54, 1.807) is 0 Å². The molecule has 0 amide bonds. The van der Waals surface area contributed by atoms with Crippen molar-refractivity contribution in [3.8, 4) is 0 Å². The van der Waals surface area contributed by atoms with Gasteiger partial charge in [-0.25, -0.2) is 10.4 Å². The van der Waals surface area contributed by atoms with E-state index in [2.05, 4.69) is 21.5 Å². The minimum absolute atomic E-state index is 0.670. The summed E-state index contributed by atoms with van der Waals surface area (Å²) >= 11 is 0. The van der Waals surface area contributed by atoms with E-state index in [-0.39, 0.29) is 0 Å². The average Bonchev–Trinajstić information content (AvgIpc) is 2.36. The Balaban J connectivity index is 1.67. The Morgan fingerprint density at radius 1 is 0.938 bits per heavy atom. The van der Waals surface area contributed by atoms with Crippen molar-refractivity contribution in [1.82, 2.24) is 21.5 Å². The molecular weight excluding hydrogens is 200 g/mol. The molecule has 90 valence electrons. The van der Waals surface area contributed by atoms with Crippen LogP contribution in [0.3, 0.4) is 0 Å². The number of hydrazine groups is 3. The van der Waals surface area contributed by atoms with E-state index in [4.69, 9.17) is 0 Å². The molecule has 0 aromatic heterocycles. The summed E-state index contributed by atoms with van der Waals surface area (Å²) in [5.41, 5.74) is 9.88. The summed E-state index contributed by atoms with van der Waals surface area (Å²) in [7, 11) is 0. The third kappa shape index (κ3) is 1.30. The molecule has 2 aliphatic heterocycles. The Labute approximate surface area is 97.1 Å². The van der Waals surface area contributed by atoms with E-state index in [9.17, 15) is 0 Å². The van der Waals surface area contributed by atoms with Crippen LogP contribution in [0.15, 0.2) is 0 Å². The first-order valence-electron chi connectivity index (χ1n) is 6.96. The van der Waals surface area contributed by atoms with Gasteiger partial charge >= 0.3 is 0 Å². The summed E-state index contributed by atoms with van der Waals surface area (Å²) in [4.78, 5) is 0. The maximum absolute atomic E-state index is 3.44. The average molecular weight is 222 g/mol. The minimum atomic E-state index is 0.670. The Hall–Kier alpha value is -0.160. The van der Waals surface area contributed by atoms with E-state index in [1.807, 2.05) is 0 Å². The standard InChI is InChI=1S/C12H22N4/c1-2-8-4-5-10-12-11(8)9(3-1)6-7-16(12)15-14-13-10/h8-15H,1-7H2/t8?,9?,10?,11?,12-/m1/s1. The van der Waals surface area contributed by atoms with Crippen LogP contribution < -0.4 is 16.5 Å². The van der Waals surface area contributed by atoms with Gasteiger partial charge in [0.25, 0.3) is 0 Å². The molecule has 4 nitrogen and oxygen atoms in total. The Morgan fingerprint density at radius 3 is 2.75 bits per heavy atom. The van der Waals surface area contributed by atoms with Crippen LogP contribution in [0, 0.1) is 17.8 Å². The van der Waals surface area contributed by atoms with Crippen molar-refractivity contribution in [2.45, 2.75) is 50.6 Å². The maximum atomic E-state index is 3.44. The lowest BCUT2D eigenvalue weighted by molar-refractivity contribution is -0.118. The van der Waals surface area contributed by atoms with Gasteiger partial charge in [0.05, 0.1) is 0 Å². The summed E-state index contributed by atoms with van der Waals surface area (Å²) in [6.07, 6.45) is 8.67. The molecule has 2 saturated carbocycles. The van der Waals surface area contributed by atoms with Gasteiger partial charge in [-0.1, -0.05) is 19.3 Å². The van der Waals surface area contributed by atoms with E-state index in [1.165, 1.54) is 45.1 Å². The number of piperidine rings is 1. The largest absolute Gasteiger partial charge is 0.238 e. The van der Waals surface area contributed by atoms with Crippen molar-refractivity contribution in [1.29, 1.82) is 0 Å². The summed E-state index contributed by atoms with van der Waals surface area (Å²) in [5, 5.41) is 2.47. The van der Waals surface area contributed by atoms with Crippen LogP contribution in [0.25, 0.3) is 0 Å². The van der Waals surface area contributed by atoms with Crippen LogP contribution in [-0.2, 0) is 0 Å². The normalized spacial score (nSPS) is 52.1. The highest BCUT2D eigenvalue weighted by atomic mass is 15.8. The first kappa shape index (κ1) is 9.83. The second-order valence-corrected chi connectivity index (χ2v) is 6.07. The molecule has 0 aromatic carbocycles. The first-order chi connectivity index (χ1) is 7.93. The van der Waals surface area contributed by atoms with Gasteiger partial charge in [-0.15, -0.1) is 0 Å². The van der Waals surface area contributed by atoms with Gasteiger partial charge < -0.3 is 0 Å². The molecule has 4 fully saturated rings. The first-order valence-corrected chi connectivity index (χ1v) is 6.96. The SMILES string of the molecule is C1CC2CCC3NNNN4CCC(C1)C2[C@@H]34. The highest BCUT2D eigenvalue weighted by Gasteiger charge is 2.50. The monoisotopic (exact) mass is 222 g/mol. The van der Waals surface area contributed by atoms with E-state index >= 15 is 0 Å². The molecule has 0 spiro atoms. The van der Waals surface area contributed by atoms with Crippen molar-refractivity contribution < 1.29 is 0 Å². The zero-order chi connectivity index (χ0) is 10.5. The molecule has 5 atom stereocenters. The Morgan fingerprint density at radius 2 is 1.81 bits per heavy atom. The fraction of sp³-hybridized carbons (Fsp3) is 1.00. The molecular formula is C12H22N4. The van der Waals surface area contributed by atoms with Crippen LogP contribution in [-0.4, -0.2) is 23.6 Å². The Kier molecular flexibility index (Phi) is 2.25. The molecule has 0 bridgehead atoms. The molecule has 3 N–H and O–H groups in total. The van der Waals surface area contributed by atoms with E-state index < -0.39 is 0 Å². The van der Waals surface area contributed by atoms with Gasteiger partial charge in [-0.05, 0) is 37.0 Å². The fourth-order valence-electron chi connectivity index (χ4n) is 4.84. The molecule has 4 unspecified atom stereocenters. The lowest BCUT2D eigenvalue weighted by Crippen LogP contribution is -2.75. The van der Waals surface area contributed by atoms with Gasteiger partial charge in [-0.3, -0.25) is 0 Å². The minimum Gasteiger partial charge on any atom is -0.238 e. The predicted octanol–water partition coefficient (Wildman–Crippen LogP) is 0.783. The smallest absolute Gasteiger partial charge is 0.0458 e. The van der Waals surface area contributed by atoms with E-state index in [0.29, 0.717) is 6.04 Å². The topological polar surface area (TPSA) is 39.3 Å². The van der Waals surface area contributed by atoms with Crippen LogP contribution in [0.5, 0.6) is 0 Å². The second-order valence-electron chi connectivity index (χ2n) is 6.07. The zero-order valence-corrected chi connectivity index (χ0v) is 9.78. The summed E-state index contributed by atoms with van der Waals surface area (Å²) in [6.45, 7) is 1.23. The molecule has 4 rings (SSSR count). The van der Waals surface area contributed by atoms with Crippen molar-refractivity contribution in [3.05, 3.63) is 0 Å². The highest BCUT2D eigenvalue weighted by molar-refractivity contribution is 5.03. The third-order valence-corrected chi connectivity index (χ3v) is 5.45. The van der Waals surface area contributed by atoms with Crippen molar-refractivity contribution in [2.24, 2.45) is 17.8 Å². The lowest BCUT2D eigenvalue weighted by atomic mass is 9.59. The molecule has 4 heteroatoms. The summed E-state index contributed by atoms with van der Waals surface area (Å²) in [6, 6.07) is 1.42. The van der Waals surface area contributed by atoms with Crippen molar-refractivity contribution in [2.75, 3.05) is 6.54 Å².